The topological polar surface area (TPSA) is 42.2 Å². The first kappa shape index (κ1) is 6.64. The molecule has 4 heteroatoms. The van der Waals surface area contributed by atoms with Gasteiger partial charge in [0.2, 0.25) is 0 Å². The van der Waals surface area contributed by atoms with E-state index in [0.29, 0.717) is 0 Å². The molecule has 0 unspecified atom stereocenters. The molecule has 0 atom stereocenters. The molecule has 1 aliphatic rings. The van der Waals surface area contributed by atoms with Crippen LogP contribution in [-0.2, 0) is 0 Å². The first-order chi connectivity index (χ1) is 5.38. The van der Waals surface area contributed by atoms with E-state index in [1.54, 1.807) is 0 Å². The highest BCUT2D eigenvalue weighted by Gasteiger charge is 2.17. The number of aryl methyl sites for hydroxylation is 1. The van der Waals surface area contributed by atoms with Gasteiger partial charge in [-0.1, -0.05) is 5.16 Å². The molecular formula is C7H11N3O. The Balaban J connectivity index is 2.21. The lowest BCUT2D eigenvalue weighted by Crippen LogP contribution is -2.18. The Labute approximate surface area is 65.1 Å². The van der Waals surface area contributed by atoms with Crippen LogP contribution in [0.5, 0.6) is 0 Å². The Morgan fingerprint density at radius 2 is 2.00 bits per heavy atom. The van der Waals surface area contributed by atoms with Crippen molar-refractivity contribution in [3.05, 3.63) is 5.69 Å². The van der Waals surface area contributed by atoms with Crippen molar-refractivity contribution in [2.24, 2.45) is 0 Å². The summed E-state index contributed by atoms with van der Waals surface area (Å²) in [5.74, 6) is 0.919. The van der Waals surface area contributed by atoms with E-state index in [4.69, 9.17) is 0 Å². The van der Waals surface area contributed by atoms with Gasteiger partial charge in [0.25, 0.3) is 0 Å². The SMILES string of the molecule is Cc1nonc1N1CCCC1. The Morgan fingerprint density at radius 3 is 2.55 bits per heavy atom. The average molecular weight is 153 g/mol. The molecule has 0 amide bonds. The van der Waals surface area contributed by atoms with Crippen LogP contribution in [0, 0.1) is 6.92 Å². The molecule has 0 radical (unpaired) electrons. The second-order valence-corrected chi connectivity index (χ2v) is 2.87. The highest BCUT2D eigenvalue weighted by molar-refractivity contribution is 5.41. The molecule has 0 saturated carbocycles. The van der Waals surface area contributed by atoms with Crippen molar-refractivity contribution in [3.63, 3.8) is 0 Å². The number of hydrogen-bond acceptors (Lipinski definition) is 4. The molecule has 4 nitrogen and oxygen atoms in total. The Bertz CT molecular complexity index is 240. The number of aromatic nitrogens is 2. The first-order valence-corrected chi connectivity index (χ1v) is 3.92. The van der Waals surface area contributed by atoms with Gasteiger partial charge in [0.05, 0.1) is 0 Å². The Hall–Kier alpha value is -1.06. The van der Waals surface area contributed by atoms with Crippen LogP contribution in [0.25, 0.3) is 0 Å². The van der Waals surface area contributed by atoms with Crippen molar-refractivity contribution in [1.82, 2.24) is 10.3 Å². The summed E-state index contributed by atoms with van der Waals surface area (Å²) in [7, 11) is 0. The third-order valence-electron chi connectivity index (χ3n) is 2.03. The molecule has 1 aromatic heterocycles. The van der Waals surface area contributed by atoms with Gasteiger partial charge >= 0.3 is 0 Å². The maximum absolute atomic E-state index is 4.62. The number of nitrogens with zero attached hydrogens (tertiary/aromatic N) is 3. The summed E-state index contributed by atoms with van der Waals surface area (Å²) in [5, 5.41) is 7.57. The third-order valence-corrected chi connectivity index (χ3v) is 2.03. The normalized spacial score (nSPS) is 17.7. The maximum atomic E-state index is 4.62. The van der Waals surface area contributed by atoms with Crippen molar-refractivity contribution in [3.8, 4) is 0 Å². The predicted molar refractivity (Wildman–Crippen MR) is 40.5 cm³/mol. The highest BCUT2D eigenvalue weighted by atomic mass is 16.6. The molecular weight excluding hydrogens is 142 g/mol. The molecule has 0 spiro atoms. The Kier molecular flexibility index (Phi) is 1.52. The minimum absolute atomic E-state index is 0.895. The van der Waals surface area contributed by atoms with E-state index in [9.17, 15) is 0 Å². The van der Waals surface area contributed by atoms with E-state index in [2.05, 4.69) is 19.8 Å². The summed E-state index contributed by atoms with van der Waals surface area (Å²) in [4.78, 5) is 2.21. The lowest BCUT2D eigenvalue weighted by Gasteiger charge is -2.12. The van der Waals surface area contributed by atoms with Crippen LogP contribution in [0.2, 0.25) is 0 Å². The van der Waals surface area contributed by atoms with Gasteiger partial charge in [-0.2, -0.15) is 0 Å². The van der Waals surface area contributed by atoms with Crippen LogP contribution in [-0.4, -0.2) is 23.4 Å². The van der Waals surface area contributed by atoms with Crippen molar-refractivity contribution >= 4 is 5.82 Å². The maximum Gasteiger partial charge on any atom is 0.196 e. The van der Waals surface area contributed by atoms with Crippen LogP contribution in [0.3, 0.4) is 0 Å². The standard InChI is InChI=1S/C7H11N3O/c1-6-7(9-11-8-6)10-4-2-3-5-10/h2-5H2,1H3. The van der Waals surface area contributed by atoms with E-state index in [0.717, 1.165) is 24.6 Å². The minimum Gasteiger partial charge on any atom is -0.352 e. The molecule has 0 N–H and O–H groups in total. The molecule has 0 aliphatic carbocycles. The van der Waals surface area contributed by atoms with E-state index in [1.165, 1.54) is 12.8 Å². The fraction of sp³-hybridized carbons (Fsp3) is 0.714. The first-order valence-electron chi connectivity index (χ1n) is 3.92. The van der Waals surface area contributed by atoms with E-state index < -0.39 is 0 Å². The van der Waals surface area contributed by atoms with Crippen molar-refractivity contribution in [1.29, 1.82) is 0 Å². The zero-order valence-electron chi connectivity index (χ0n) is 6.58. The highest BCUT2D eigenvalue weighted by Crippen LogP contribution is 2.19. The molecule has 1 fully saturated rings. The summed E-state index contributed by atoms with van der Waals surface area (Å²) < 4.78 is 4.62. The monoisotopic (exact) mass is 153 g/mol. The Morgan fingerprint density at radius 1 is 1.27 bits per heavy atom. The molecule has 0 aromatic carbocycles. The third kappa shape index (κ3) is 1.08. The molecule has 60 valence electrons. The van der Waals surface area contributed by atoms with Gasteiger partial charge in [-0.3, -0.25) is 0 Å². The smallest absolute Gasteiger partial charge is 0.196 e. The van der Waals surface area contributed by atoms with E-state index in [-0.39, 0.29) is 0 Å². The largest absolute Gasteiger partial charge is 0.352 e. The van der Waals surface area contributed by atoms with Crippen molar-refractivity contribution < 1.29 is 4.63 Å². The van der Waals surface area contributed by atoms with Crippen LogP contribution in [0.15, 0.2) is 4.63 Å². The lowest BCUT2D eigenvalue weighted by molar-refractivity contribution is 0.305. The minimum atomic E-state index is 0.895. The summed E-state index contributed by atoms with van der Waals surface area (Å²) in [5.41, 5.74) is 0.895. The number of anilines is 1. The quantitative estimate of drug-likeness (QED) is 0.603. The van der Waals surface area contributed by atoms with E-state index in [1.807, 2.05) is 6.92 Å². The molecule has 2 heterocycles. The molecule has 1 saturated heterocycles. The van der Waals surface area contributed by atoms with Crippen molar-refractivity contribution in [2.45, 2.75) is 19.8 Å². The summed E-state index contributed by atoms with van der Waals surface area (Å²) in [6, 6.07) is 0. The molecule has 2 rings (SSSR count). The lowest BCUT2D eigenvalue weighted by atomic mass is 10.4. The zero-order chi connectivity index (χ0) is 7.68. The van der Waals surface area contributed by atoms with Crippen LogP contribution >= 0.6 is 0 Å². The molecule has 11 heavy (non-hydrogen) atoms. The fourth-order valence-corrected chi connectivity index (χ4v) is 1.44. The molecule has 0 bridgehead atoms. The zero-order valence-corrected chi connectivity index (χ0v) is 6.58. The summed E-state index contributed by atoms with van der Waals surface area (Å²) in [6.07, 6.45) is 2.51. The van der Waals surface area contributed by atoms with Gasteiger partial charge in [0, 0.05) is 13.1 Å². The van der Waals surface area contributed by atoms with Crippen LogP contribution in [0.4, 0.5) is 5.82 Å². The van der Waals surface area contributed by atoms with Crippen molar-refractivity contribution in [2.75, 3.05) is 18.0 Å². The van der Waals surface area contributed by atoms with Gasteiger partial charge in [0.15, 0.2) is 5.82 Å². The molecule has 1 aliphatic heterocycles. The van der Waals surface area contributed by atoms with Crippen LogP contribution in [0.1, 0.15) is 18.5 Å². The van der Waals surface area contributed by atoms with Gasteiger partial charge < -0.3 is 4.90 Å². The van der Waals surface area contributed by atoms with Gasteiger partial charge in [-0.15, -0.1) is 0 Å². The summed E-state index contributed by atoms with van der Waals surface area (Å²) >= 11 is 0. The van der Waals surface area contributed by atoms with Gasteiger partial charge in [-0.05, 0) is 24.9 Å². The number of hydrogen-bond donors (Lipinski definition) is 0. The van der Waals surface area contributed by atoms with Gasteiger partial charge in [0.1, 0.15) is 5.69 Å². The predicted octanol–water partition coefficient (Wildman–Crippen LogP) is 0.978. The second-order valence-electron chi connectivity index (χ2n) is 2.87. The molecule has 1 aromatic rings. The summed E-state index contributed by atoms with van der Waals surface area (Å²) in [6.45, 7) is 4.11. The average Bonchev–Trinajstić information content (AvgIpc) is 2.55. The van der Waals surface area contributed by atoms with E-state index >= 15 is 0 Å². The van der Waals surface area contributed by atoms with Gasteiger partial charge in [-0.25, -0.2) is 4.63 Å². The van der Waals surface area contributed by atoms with Crippen LogP contribution < -0.4 is 4.90 Å². The number of rotatable bonds is 1. The second kappa shape index (κ2) is 2.53. The fourth-order valence-electron chi connectivity index (χ4n) is 1.44.